The second-order valence-corrected chi connectivity index (χ2v) is 7.42. The molecule has 3 aromatic carbocycles. The first-order valence-electron chi connectivity index (χ1n) is 10.6. The fourth-order valence-electron chi connectivity index (χ4n) is 3.24. The van der Waals surface area contributed by atoms with Gasteiger partial charge in [-0.2, -0.15) is 0 Å². The van der Waals surface area contributed by atoms with E-state index in [1.807, 2.05) is 74.5 Å². The smallest absolute Gasteiger partial charge is 0.226 e. The Morgan fingerprint density at radius 2 is 1.56 bits per heavy atom. The van der Waals surface area contributed by atoms with Gasteiger partial charge in [-0.15, -0.1) is 0 Å². The van der Waals surface area contributed by atoms with E-state index >= 15 is 0 Å². The van der Waals surface area contributed by atoms with Crippen LogP contribution in [0.3, 0.4) is 0 Å². The van der Waals surface area contributed by atoms with Crippen LogP contribution in [0.25, 0.3) is 0 Å². The average Bonchev–Trinajstić information content (AvgIpc) is 2.76. The van der Waals surface area contributed by atoms with Crippen LogP contribution in [-0.4, -0.2) is 18.4 Å². The van der Waals surface area contributed by atoms with Crippen LogP contribution in [0.15, 0.2) is 72.8 Å². The number of hydrogen-bond acceptors (Lipinski definition) is 4. The number of rotatable bonds is 9. The van der Waals surface area contributed by atoms with E-state index in [-0.39, 0.29) is 18.2 Å². The molecular formula is C26H28N2O4. The molecule has 0 heterocycles. The summed E-state index contributed by atoms with van der Waals surface area (Å²) >= 11 is 0. The summed E-state index contributed by atoms with van der Waals surface area (Å²) in [6, 6.07) is 21.9. The molecule has 32 heavy (non-hydrogen) atoms. The Hall–Kier alpha value is -3.80. The van der Waals surface area contributed by atoms with Gasteiger partial charge in [0.05, 0.1) is 24.8 Å². The first kappa shape index (κ1) is 22.9. The lowest BCUT2D eigenvalue weighted by molar-refractivity contribution is -0.120. The lowest BCUT2D eigenvalue weighted by Gasteiger charge is -2.19. The number of carbonyl (C=O) groups excluding carboxylic acids is 2. The molecule has 3 aromatic rings. The largest absolute Gasteiger partial charge is 0.494 e. The number of ether oxygens (including phenoxy) is 2. The number of benzene rings is 3. The third-order valence-electron chi connectivity index (χ3n) is 4.77. The zero-order valence-corrected chi connectivity index (χ0v) is 18.6. The monoisotopic (exact) mass is 432 g/mol. The Kier molecular flexibility index (Phi) is 7.86. The van der Waals surface area contributed by atoms with Crippen LogP contribution in [0.1, 0.15) is 37.4 Å². The van der Waals surface area contributed by atoms with E-state index in [0.717, 1.165) is 16.9 Å². The SMILES string of the molecule is CCOc1ccc(Oc2ccccc2NC(=O)CC(NC(C)=O)c2ccc(C)cc2)cc1. The normalized spacial score (nSPS) is 11.3. The molecule has 3 rings (SSSR count). The first-order valence-corrected chi connectivity index (χ1v) is 10.6. The maximum absolute atomic E-state index is 12.8. The van der Waals surface area contributed by atoms with Gasteiger partial charge in [-0.3, -0.25) is 9.59 Å². The Morgan fingerprint density at radius 1 is 0.906 bits per heavy atom. The minimum absolute atomic E-state index is 0.0973. The van der Waals surface area contributed by atoms with Crippen molar-refractivity contribution in [1.82, 2.24) is 5.32 Å². The van der Waals surface area contributed by atoms with Crippen LogP contribution < -0.4 is 20.1 Å². The molecule has 0 aliphatic carbocycles. The second kappa shape index (κ2) is 11.0. The number of para-hydroxylation sites is 2. The van der Waals surface area contributed by atoms with Gasteiger partial charge in [-0.25, -0.2) is 0 Å². The molecule has 0 spiro atoms. The van der Waals surface area contributed by atoms with E-state index in [1.54, 1.807) is 12.1 Å². The maximum atomic E-state index is 12.8. The van der Waals surface area contributed by atoms with Crippen molar-refractivity contribution in [1.29, 1.82) is 0 Å². The molecule has 2 amide bonds. The van der Waals surface area contributed by atoms with E-state index < -0.39 is 6.04 Å². The molecule has 0 aliphatic rings. The zero-order valence-electron chi connectivity index (χ0n) is 18.6. The summed E-state index contributed by atoms with van der Waals surface area (Å²) in [6.45, 7) is 5.96. The van der Waals surface area contributed by atoms with Crippen molar-refractivity contribution in [2.24, 2.45) is 0 Å². The third kappa shape index (κ3) is 6.60. The molecule has 0 aromatic heterocycles. The number of anilines is 1. The summed E-state index contributed by atoms with van der Waals surface area (Å²) in [7, 11) is 0. The van der Waals surface area contributed by atoms with E-state index in [1.165, 1.54) is 6.92 Å². The van der Waals surface area contributed by atoms with E-state index in [9.17, 15) is 9.59 Å². The van der Waals surface area contributed by atoms with Gasteiger partial charge in [-0.1, -0.05) is 42.0 Å². The van der Waals surface area contributed by atoms with Crippen LogP contribution in [0.5, 0.6) is 17.2 Å². The zero-order chi connectivity index (χ0) is 22.9. The van der Waals surface area contributed by atoms with Crippen molar-refractivity contribution in [3.8, 4) is 17.2 Å². The molecule has 6 nitrogen and oxygen atoms in total. The number of aryl methyl sites for hydroxylation is 1. The van der Waals surface area contributed by atoms with Crippen molar-refractivity contribution in [2.75, 3.05) is 11.9 Å². The average molecular weight is 433 g/mol. The van der Waals surface area contributed by atoms with Gasteiger partial charge in [0.25, 0.3) is 0 Å². The van der Waals surface area contributed by atoms with Crippen molar-refractivity contribution in [2.45, 2.75) is 33.2 Å². The predicted molar refractivity (Wildman–Crippen MR) is 125 cm³/mol. The van der Waals surface area contributed by atoms with Crippen LogP contribution >= 0.6 is 0 Å². The molecule has 1 unspecified atom stereocenters. The topological polar surface area (TPSA) is 76.7 Å². The summed E-state index contributed by atoms with van der Waals surface area (Å²) < 4.78 is 11.4. The number of hydrogen-bond donors (Lipinski definition) is 2. The highest BCUT2D eigenvalue weighted by Gasteiger charge is 2.18. The summed E-state index contributed by atoms with van der Waals surface area (Å²) in [6.07, 6.45) is 0.0973. The summed E-state index contributed by atoms with van der Waals surface area (Å²) in [5.41, 5.74) is 2.54. The first-order chi connectivity index (χ1) is 15.4. The Labute approximate surface area is 188 Å². The number of amides is 2. The highest BCUT2D eigenvalue weighted by Crippen LogP contribution is 2.31. The molecule has 0 bridgehead atoms. The van der Waals surface area contributed by atoms with Gasteiger partial charge < -0.3 is 20.1 Å². The summed E-state index contributed by atoms with van der Waals surface area (Å²) in [4.78, 5) is 24.5. The minimum Gasteiger partial charge on any atom is -0.494 e. The van der Waals surface area contributed by atoms with Crippen molar-refractivity contribution >= 4 is 17.5 Å². The number of carbonyl (C=O) groups is 2. The molecule has 0 saturated heterocycles. The lowest BCUT2D eigenvalue weighted by Crippen LogP contribution is -2.29. The highest BCUT2D eigenvalue weighted by atomic mass is 16.5. The van der Waals surface area contributed by atoms with Crippen LogP contribution in [0, 0.1) is 6.92 Å². The third-order valence-corrected chi connectivity index (χ3v) is 4.77. The number of nitrogens with one attached hydrogen (secondary N) is 2. The summed E-state index contributed by atoms with van der Waals surface area (Å²) in [5, 5.41) is 5.77. The molecule has 0 saturated carbocycles. The van der Waals surface area contributed by atoms with E-state index in [0.29, 0.717) is 23.8 Å². The Bertz CT molecular complexity index is 1050. The molecule has 166 valence electrons. The van der Waals surface area contributed by atoms with Crippen LogP contribution in [0.4, 0.5) is 5.69 Å². The molecule has 0 radical (unpaired) electrons. The van der Waals surface area contributed by atoms with E-state index in [4.69, 9.17) is 9.47 Å². The highest BCUT2D eigenvalue weighted by molar-refractivity contribution is 5.93. The molecule has 0 fully saturated rings. The van der Waals surface area contributed by atoms with E-state index in [2.05, 4.69) is 10.6 Å². The quantitative estimate of drug-likeness (QED) is 0.475. The Balaban J connectivity index is 1.71. The van der Waals surface area contributed by atoms with Crippen LogP contribution in [0.2, 0.25) is 0 Å². The van der Waals surface area contributed by atoms with Crippen molar-refractivity contribution in [3.63, 3.8) is 0 Å². The molecular weight excluding hydrogens is 404 g/mol. The Morgan fingerprint density at radius 3 is 2.22 bits per heavy atom. The molecule has 2 N–H and O–H groups in total. The maximum Gasteiger partial charge on any atom is 0.226 e. The van der Waals surface area contributed by atoms with Gasteiger partial charge in [-0.05, 0) is 55.8 Å². The van der Waals surface area contributed by atoms with Gasteiger partial charge >= 0.3 is 0 Å². The van der Waals surface area contributed by atoms with Crippen molar-refractivity contribution < 1.29 is 19.1 Å². The molecule has 1 atom stereocenters. The second-order valence-electron chi connectivity index (χ2n) is 7.42. The lowest BCUT2D eigenvalue weighted by atomic mass is 10.0. The standard InChI is InChI=1S/C26H28N2O4/c1-4-31-21-13-15-22(16-14-21)32-25-8-6-5-7-23(25)28-26(30)17-24(27-19(3)29)20-11-9-18(2)10-12-20/h5-16,24H,4,17H2,1-3H3,(H,27,29)(H,28,30). The molecule has 0 aliphatic heterocycles. The van der Waals surface area contributed by atoms with Gasteiger partial charge in [0, 0.05) is 6.92 Å². The van der Waals surface area contributed by atoms with Gasteiger partial charge in [0.15, 0.2) is 5.75 Å². The fraction of sp³-hybridized carbons (Fsp3) is 0.231. The van der Waals surface area contributed by atoms with Gasteiger partial charge in [0.2, 0.25) is 11.8 Å². The molecule has 6 heteroatoms. The minimum atomic E-state index is -0.424. The predicted octanol–water partition coefficient (Wildman–Crippen LogP) is 5.39. The fourth-order valence-corrected chi connectivity index (χ4v) is 3.24. The van der Waals surface area contributed by atoms with Crippen molar-refractivity contribution in [3.05, 3.63) is 83.9 Å². The summed E-state index contributed by atoms with van der Waals surface area (Å²) in [5.74, 6) is 1.50. The van der Waals surface area contributed by atoms with Gasteiger partial charge in [0.1, 0.15) is 11.5 Å². The van der Waals surface area contributed by atoms with Crippen LogP contribution in [-0.2, 0) is 9.59 Å².